The Balaban J connectivity index is 2.01. The molecule has 2 amide bonds. The number of hydrogen-bond donors (Lipinski definition) is 1. The molecule has 1 aliphatic heterocycles. The van der Waals surface area contributed by atoms with Gasteiger partial charge < -0.3 is 10.2 Å². The van der Waals surface area contributed by atoms with Crippen molar-refractivity contribution in [3.05, 3.63) is 40.7 Å². The van der Waals surface area contributed by atoms with E-state index in [1.54, 1.807) is 17.0 Å². The maximum atomic E-state index is 13.0. The van der Waals surface area contributed by atoms with Crippen LogP contribution in [0.25, 0.3) is 6.08 Å². The van der Waals surface area contributed by atoms with Crippen LogP contribution in [0, 0.1) is 5.82 Å². The number of hydrogen-bond acceptors (Lipinski definition) is 2. The molecule has 1 saturated heterocycles. The number of benzene rings is 1. The summed E-state index contributed by atoms with van der Waals surface area (Å²) in [5.41, 5.74) is 0.647. The third kappa shape index (κ3) is 3.81. The molecule has 0 bridgehead atoms. The van der Waals surface area contributed by atoms with Gasteiger partial charge in [-0.2, -0.15) is 0 Å². The highest BCUT2D eigenvalue weighted by atomic mass is 35.5. The fourth-order valence-electron chi connectivity index (χ4n) is 1.88. The molecule has 1 fully saturated rings. The van der Waals surface area contributed by atoms with Crippen molar-refractivity contribution in [3.63, 3.8) is 0 Å². The van der Waals surface area contributed by atoms with Gasteiger partial charge in [0.25, 0.3) is 0 Å². The third-order valence-corrected chi connectivity index (χ3v) is 3.28. The SMILES string of the molecule is O=C1CCN(C(=O)/C=C/c2ccc(F)c(Cl)c2)CCN1. The van der Waals surface area contributed by atoms with Crippen molar-refractivity contribution >= 4 is 29.5 Å². The fraction of sp³-hybridized carbons (Fsp3) is 0.286. The molecule has 106 valence electrons. The first kappa shape index (κ1) is 14.5. The standard InChI is InChI=1S/C14H14ClFN2O2/c15-11-9-10(1-3-12(11)16)2-4-14(20)18-7-5-13(19)17-6-8-18/h1-4,9H,5-8H2,(H,17,19)/b4-2+. The summed E-state index contributed by atoms with van der Waals surface area (Å²) in [6, 6.07) is 4.24. The van der Waals surface area contributed by atoms with Gasteiger partial charge in [0.05, 0.1) is 5.02 Å². The summed E-state index contributed by atoms with van der Waals surface area (Å²) >= 11 is 5.67. The van der Waals surface area contributed by atoms with Gasteiger partial charge in [0.1, 0.15) is 5.82 Å². The molecule has 0 saturated carbocycles. The van der Waals surface area contributed by atoms with Gasteiger partial charge in [-0.3, -0.25) is 9.59 Å². The van der Waals surface area contributed by atoms with Gasteiger partial charge in [-0.05, 0) is 23.8 Å². The van der Waals surface area contributed by atoms with Crippen LogP contribution in [-0.4, -0.2) is 36.3 Å². The Labute approximate surface area is 121 Å². The number of nitrogens with zero attached hydrogens (tertiary/aromatic N) is 1. The van der Waals surface area contributed by atoms with Crippen molar-refractivity contribution < 1.29 is 14.0 Å². The zero-order valence-electron chi connectivity index (χ0n) is 10.7. The quantitative estimate of drug-likeness (QED) is 0.847. The van der Waals surface area contributed by atoms with Gasteiger partial charge in [0.15, 0.2) is 0 Å². The average Bonchev–Trinajstić information content (AvgIpc) is 2.64. The van der Waals surface area contributed by atoms with Crippen LogP contribution in [0.4, 0.5) is 4.39 Å². The first-order chi connectivity index (χ1) is 9.56. The van der Waals surface area contributed by atoms with Gasteiger partial charge in [0.2, 0.25) is 11.8 Å². The van der Waals surface area contributed by atoms with E-state index < -0.39 is 5.82 Å². The molecule has 0 unspecified atom stereocenters. The zero-order chi connectivity index (χ0) is 14.5. The highest BCUT2D eigenvalue weighted by molar-refractivity contribution is 6.30. The van der Waals surface area contributed by atoms with Gasteiger partial charge in [0, 0.05) is 32.1 Å². The third-order valence-electron chi connectivity index (χ3n) is 2.99. The summed E-state index contributed by atoms with van der Waals surface area (Å²) in [7, 11) is 0. The number of carbonyl (C=O) groups excluding carboxylic acids is 2. The maximum absolute atomic E-state index is 13.0. The molecule has 0 spiro atoms. The van der Waals surface area contributed by atoms with Crippen LogP contribution in [0.5, 0.6) is 0 Å². The maximum Gasteiger partial charge on any atom is 0.246 e. The predicted octanol–water partition coefficient (Wildman–Crippen LogP) is 1.84. The molecule has 20 heavy (non-hydrogen) atoms. The van der Waals surface area contributed by atoms with E-state index in [1.807, 2.05) is 0 Å². The van der Waals surface area contributed by atoms with E-state index in [-0.39, 0.29) is 16.8 Å². The van der Waals surface area contributed by atoms with Crippen molar-refractivity contribution in [2.24, 2.45) is 0 Å². The highest BCUT2D eigenvalue weighted by Crippen LogP contribution is 2.17. The van der Waals surface area contributed by atoms with Crippen molar-refractivity contribution in [1.29, 1.82) is 0 Å². The monoisotopic (exact) mass is 296 g/mol. The van der Waals surface area contributed by atoms with Crippen LogP contribution in [0.1, 0.15) is 12.0 Å². The first-order valence-electron chi connectivity index (χ1n) is 6.25. The number of amides is 2. The van der Waals surface area contributed by atoms with Crippen molar-refractivity contribution in [1.82, 2.24) is 10.2 Å². The Kier molecular flexibility index (Phi) is 4.74. The molecule has 1 aliphatic rings. The first-order valence-corrected chi connectivity index (χ1v) is 6.63. The van der Waals surface area contributed by atoms with E-state index in [0.29, 0.717) is 31.6 Å². The molecule has 6 heteroatoms. The molecular weight excluding hydrogens is 283 g/mol. The largest absolute Gasteiger partial charge is 0.354 e. The lowest BCUT2D eigenvalue weighted by Crippen LogP contribution is -2.32. The van der Waals surface area contributed by atoms with Crippen LogP contribution in [-0.2, 0) is 9.59 Å². The summed E-state index contributed by atoms with van der Waals surface area (Å²) in [5, 5.41) is 2.72. The number of carbonyl (C=O) groups is 2. The smallest absolute Gasteiger partial charge is 0.246 e. The molecule has 1 aromatic rings. The van der Waals surface area contributed by atoms with Crippen LogP contribution in [0.15, 0.2) is 24.3 Å². The van der Waals surface area contributed by atoms with E-state index in [2.05, 4.69) is 5.32 Å². The minimum absolute atomic E-state index is 0.0177. The predicted molar refractivity (Wildman–Crippen MR) is 74.7 cm³/mol. The summed E-state index contributed by atoms with van der Waals surface area (Å²) in [6.07, 6.45) is 3.29. The number of halogens is 2. The van der Waals surface area contributed by atoms with Gasteiger partial charge >= 0.3 is 0 Å². The van der Waals surface area contributed by atoms with Crippen LogP contribution in [0.3, 0.4) is 0 Å². The molecule has 0 aromatic heterocycles. The van der Waals surface area contributed by atoms with Crippen molar-refractivity contribution in [2.45, 2.75) is 6.42 Å². The Morgan fingerprint density at radius 1 is 1.40 bits per heavy atom. The zero-order valence-corrected chi connectivity index (χ0v) is 11.5. The molecule has 1 aromatic carbocycles. The molecule has 2 rings (SSSR count). The van der Waals surface area contributed by atoms with Crippen molar-refractivity contribution in [2.75, 3.05) is 19.6 Å². The Hall–Kier alpha value is -1.88. The van der Waals surface area contributed by atoms with Gasteiger partial charge in [-0.1, -0.05) is 17.7 Å². The lowest BCUT2D eigenvalue weighted by molar-refractivity contribution is -0.125. The second-order valence-corrected chi connectivity index (χ2v) is 4.84. The Morgan fingerprint density at radius 2 is 2.20 bits per heavy atom. The van der Waals surface area contributed by atoms with E-state index in [1.165, 1.54) is 18.2 Å². The molecular formula is C14H14ClFN2O2. The average molecular weight is 297 g/mol. The molecule has 0 atom stereocenters. The normalized spacial score (nSPS) is 16.1. The molecule has 4 nitrogen and oxygen atoms in total. The Morgan fingerprint density at radius 3 is 2.95 bits per heavy atom. The number of nitrogens with one attached hydrogen (secondary N) is 1. The van der Waals surface area contributed by atoms with Crippen LogP contribution < -0.4 is 5.32 Å². The molecule has 1 N–H and O–H groups in total. The summed E-state index contributed by atoms with van der Waals surface area (Å²) in [4.78, 5) is 24.8. The lowest BCUT2D eigenvalue weighted by atomic mass is 10.2. The minimum Gasteiger partial charge on any atom is -0.354 e. The fourth-order valence-corrected chi connectivity index (χ4v) is 2.07. The van der Waals surface area contributed by atoms with Gasteiger partial charge in [-0.25, -0.2) is 4.39 Å². The highest BCUT2D eigenvalue weighted by Gasteiger charge is 2.16. The summed E-state index contributed by atoms with van der Waals surface area (Å²) in [5.74, 6) is -0.719. The van der Waals surface area contributed by atoms with E-state index in [9.17, 15) is 14.0 Å². The number of rotatable bonds is 2. The van der Waals surface area contributed by atoms with Crippen LogP contribution >= 0.6 is 11.6 Å². The molecule has 0 radical (unpaired) electrons. The minimum atomic E-state index is -0.493. The molecule has 1 heterocycles. The van der Waals surface area contributed by atoms with Gasteiger partial charge in [-0.15, -0.1) is 0 Å². The van der Waals surface area contributed by atoms with E-state index in [4.69, 9.17) is 11.6 Å². The van der Waals surface area contributed by atoms with Crippen LogP contribution in [0.2, 0.25) is 5.02 Å². The van der Waals surface area contributed by atoms with E-state index >= 15 is 0 Å². The summed E-state index contributed by atoms with van der Waals surface area (Å²) in [6.45, 7) is 1.35. The Bertz CT molecular complexity index is 560. The molecule has 0 aliphatic carbocycles. The second kappa shape index (κ2) is 6.52. The second-order valence-electron chi connectivity index (χ2n) is 4.43. The lowest BCUT2D eigenvalue weighted by Gasteiger charge is -2.17. The van der Waals surface area contributed by atoms with E-state index in [0.717, 1.165) is 0 Å². The van der Waals surface area contributed by atoms with Crippen molar-refractivity contribution in [3.8, 4) is 0 Å². The summed E-state index contributed by atoms with van der Waals surface area (Å²) < 4.78 is 13.0. The topological polar surface area (TPSA) is 49.4 Å².